The number of hydrogen-bond donors (Lipinski definition) is 1. The van der Waals surface area contributed by atoms with Crippen LogP contribution in [-0.2, 0) is 9.59 Å². The molecule has 0 spiro atoms. The number of nitrogens with zero attached hydrogens (tertiary/aromatic N) is 2. The molecule has 2 amide bonds. The number of anilines is 2. The Bertz CT molecular complexity index is 1050. The lowest BCUT2D eigenvalue weighted by atomic mass is 10.2. The van der Waals surface area contributed by atoms with Gasteiger partial charge in [0.05, 0.1) is 15.9 Å². The first-order chi connectivity index (χ1) is 13.0. The number of amides is 2. The fourth-order valence-corrected chi connectivity index (χ4v) is 4.46. The Kier molecular flexibility index (Phi) is 4.94. The van der Waals surface area contributed by atoms with Crippen LogP contribution in [0, 0.1) is 0 Å². The normalized spacial score (nSPS) is 13.4. The Balaban J connectivity index is 1.53. The molecule has 0 fully saturated rings. The van der Waals surface area contributed by atoms with E-state index in [2.05, 4.69) is 10.3 Å². The Hall–Kier alpha value is -2.29. The molecule has 9 heteroatoms. The summed E-state index contributed by atoms with van der Waals surface area (Å²) in [6.07, 6.45) is 1.98. The lowest BCUT2D eigenvalue weighted by Crippen LogP contribution is -2.43. The molecule has 0 aliphatic carbocycles. The number of benzene rings is 2. The van der Waals surface area contributed by atoms with Gasteiger partial charge < -0.3 is 10.1 Å². The number of aromatic nitrogens is 1. The number of ether oxygens (including phenoxy) is 1. The van der Waals surface area contributed by atoms with Gasteiger partial charge in [0.2, 0.25) is 5.91 Å². The van der Waals surface area contributed by atoms with Crippen LogP contribution in [0.5, 0.6) is 5.75 Å². The zero-order chi connectivity index (χ0) is 19.0. The van der Waals surface area contributed by atoms with Crippen molar-refractivity contribution in [1.29, 1.82) is 0 Å². The van der Waals surface area contributed by atoms with Crippen LogP contribution in [0.2, 0.25) is 5.02 Å². The third kappa shape index (κ3) is 3.73. The fraction of sp³-hybridized carbons (Fsp3) is 0.167. The average molecular weight is 420 g/mol. The third-order valence-corrected chi connectivity index (χ3v) is 6.23. The molecular formula is C18H14ClN3O3S2. The summed E-state index contributed by atoms with van der Waals surface area (Å²) in [5, 5.41) is 3.31. The van der Waals surface area contributed by atoms with E-state index < -0.39 is 0 Å². The number of rotatable bonds is 4. The van der Waals surface area contributed by atoms with Crippen LogP contribution in [0.3, 0.4) is 0 Å². The highest BCUT2D eigenvalue weighted by atomic mass is 35.5. The van der Waals surface area contributed by atoms with E-state index in [4.69, 9.17) is 16.3 Å². The second kappa shape index (κ2) is 7.38. The minimum atomic E-state index is -0.301. The molecule has 1 aliphatic heterocycles. The maximum atomic E-state index is 12.5. The van der Waals surface area contributed by atoms with E-state index in [0.29, 0.717) is 22.1 Å². The van der Waals surface area contributed by atoms with Gasteiger partial charge in [0.15, 0.2) is 10.9 Å². The van der Waals surface area contributed by atoms with E-state index in [9.17, 15) is 9.59 Å². The van der Waals surface area contributed by atoms with Crippen LogP contribution in [-0.4, -0.2) is 36.2 Å². The summed E-state index contributed by atoms with van der Waals surface area (Å²) in [5.74, 6) is -0.0601. The van der Waals surface area contributed by atoms with Gasteiger partial charge in [-0.3, -0.25) is 14.5 Å². The molecular weight excluding hydrogens is 406 g/mol. The quantitative estimate of drug-likeness (QED) is 0.646. The lowest BCUT2D eigenvalue weighted by molar-refractivity contribution is -0.123. The zero-order valence-electron chi connectivity index (χ0n) is 14.2. The molecule has 2 aromatic carbocycles. The number of fused-ring (bicyclic) bond motifs is 2. The molecule has 6 nitrogen and oxygen atoms in total. The number of carbonyl (C=O) groups excluding carboxylic acids is 2. The minimum Gasteiger partial charge on any atom is -0.482 e. The van der Waals surface area contributed by atoms with Gasteiger partial charge in [-0.15, -0.1) is 11.3 Å². The monoisotopic (exact) mass is 419 g/mol. The van der Waals surface area contributed by atoms with Crippen LogP contribution in [0.1, 0.15) is 0 Å². The summed E-state index contributed by atoms with van der Waals surface area (Å²) in [5.41, 5.74) is 2.06. The fourth-order valence-electron chi connectivity index (χ4n) is 2.76. The lowest BCUT2D eigenvalue weighted by Gasteiger charge is -2.29. The third-order valence-electron chi connectivity index (χ3n) is 3.99. The van der Waals surface area contributed by atoms with Gasteiger partial charge >= 0.3 is 0 Å². The number of thiazole rings is 1. The standard InChI is InChI=1S/C18H14ClN3O3S2/c1-26-18-21-12-4-3-11(7-15(12)27-18)20-16(23)8-22-13-6-10(19)2-5-14(13)25-9-17(22)24/h2-7H,8-9H2,1H3,(H,20,23). The molecule has 3 aromatic rings. The van der Waals surface area contributed by atoms with Crippen molar-refractivity contribution in [2.24, 2.45) is 0 Å². The van der Waals surface area contributed by atoms with Crippen molar-refractivity contribution in [3.05, 3.63) is 41.4 Å². The van der Waals surface area contributed by atoms with Gasteiger partial charge in [0.1, 0.15) is 12.3 Å². The maximum absolute atomic E-state index is 12.5. The van der Waals surface area contributed by atoms with Crippen LogP contribution < -0.4 is 15.0 Å². The van der Waals surface area contributed by atoms with E-state index in [1.54, 1.807) is 47.4 Å². The highest BCUT2D eigenvalue weighted by molar-refractivity contribution is 8.00. The van der Waals surface area contributed by atoms with Crippen molar-refractivity contribution in [1.82, 2.24) is 4.98 Å². The smallest absolute Gasteiger partial charge is 0.265 e. The van der Waals surface area contributed by atoms with E-state index in [-0.39, 0.29) is 25.0 Å². The molecule has 0 bridgehead atoms. The van der Waals surface area contributed by atoms with Crippen molar-refractivity contribution in [3.8, 4) is 5.75 Å². The maximum Gasteiger partial charge on any atom is 0.265 e. The van der Waals surface area contributed by atoms with Crippen molar-refractivity contribution in [2.45, 2.75) is 4.34 Å². The highest BCUT2D eigenvalue weighted by Gasteiger charge is 2.27. The first-order valence-electron chi connectivity index (χ1n) is 8.00. The van der Waals surface area contributed by atoms with Crippen LogP contribution in [0.15, 0.2) is 40.7 Å². The summed E-state index contributed by atoms with van der Waals surface area (Å²) >= 11 is 9.18. The van der Waals surface area contributed by atoms with E-state index >= 15 is 0 Å². The molecule has 0 saturated heterocycles. The van der Waals surface area contributed by atoms with Gasteiger partial charge in [-0.2, -0.15) is 0 Å². The van der Waals surface area contributed by atoms with Crippen molar-refractivity contribution >= 4 is 68.1 Å². The zero-order valence-corrected chi connectivity index (χ0v) is 16.6. The predicted molar refractivity (Wildman–Crippen MR) is 109 cm³/mol. The molecule has 1 aromatic heterocycles. The Morgan fingerprint density at radius 3 is 3.04 bits per heavy atom. The first kappa shape index (κ1) is 18.1. The topological polar surface area (TPSA) is 71.5 Å². The van der Waals surface area contributed by atoms with Crippen LogP contribution >= 0.6 is 34.7 Å². The Morgan fingerprint density at radius 1 is 1.37 bits per heavy atom. The van der Waals surface area contributed by atoms with Gasteiger partial charge in [-0.25, -0.2) is 4.98 Å². The van der Waals surface area contributed by atoms with Gasteiger partial charge in [0.25, 0.3) is 5.91 Å². The summed E-state index contributed by atoms with van der Waals surface area (Å²) < 4.78 is 7.36. The number of carbonyl (C=O) groups is 2. The molecule has 4 rings (SSSR count). The van der Waals surface area contributed by atoms with Gasteiger partial charge in [-0.05, 0) is 42.7 Å². The Labute approximate surface area is 168 Å². The van der Waals surface area contributed by atoms with E-state index in [0.717, 1.165) is 14.6 Å². The second-order valence-electron chi connectivity index (χ2n) is 5.80. The summed E-state index contributed by atoms with van der Waals surface area (Å²) in [7, 11) is 0. The molecule has 1 aliphatic rings. The minimum absolute atomic E-state index is 0.105. The molecule has 1 N–H and O–H groups in total. The van der Waals surface area contributed by atoms with E-state index in [1.807, 2.05) is 18.4 Å². The number of hydrogen-bond acceptors (Lipinski definition) is 6. The molecule has 0 atom stereocenters. The first-order valence-corrected chi connectivity index (χ1v) is 10.4. The molecule has 0 saturated carbocycles. The van der Waals surface area contributed by atoms with Crippen molar-refractivity contribution in [3.63, 3.8) is 0 Å². The van der Waals surface area contributed by atoms with Gasteiger partial charge in [-0.1, -0.05) is 23.4 Å². The SMILES string of the molecule is CSc1nc2ccc(NC(=O)CN3C(=O)COc4ccc(Cl)cc43)cc2s1. The summed E-state index contributed by atoms with van der Waals surface area (Å²) in [6.45, 7) is -0.224. The van der Waals surface area contributed by atoms with Crippen molar-refractivity contribution < 1.29 is 14.3 Å². The van der Waals surface area contributed by atoms with E-state index in [1.165, 1.54) is 4.90 Å². The molecule has 138 valence electrons. The number of halogens is 1. The summed E-state index contributed by atoms with van der Waals surface area (Å²) in [6, 6.07) is 10.6. The summed E-state index contributed by atoms with van der Waals surface area (Å²) in [4.78, 5) is 30.6. The Morgan fingerprint density at radius 2 is 2.22 bits per heavy atom. The molecule has 0 unspecified atom stereocenters. The molecule has 2 heterocycles. The molecule has 27 heavy (non-hydrogen) atoms. The number of thioether (sulfide) groups is 1. The largest absolute Gasteiger partial charge is 0.482 e. The number of nitrogens with one attached hydrogen (secondary N) is 1. The van der Waals surface area contributed by atoms with Crippen molar-refractivity contribution in [2.75, 3.05) is 29.6 Å². The predicted octanol–water partition coefficient (Wildman–Crippen LogP) is 4.04. The van der Waals surface area contributed by atoms with Crippen LogP contribution in [0.4, 0.5) is 11.4 Å². The highest BCUT2D eigenvalue weighted by Crippen LogP contribution is 2.34. The molecule has 0 radical (unpaired) electrons. The second-order valence-corrected chi connectivity index (χ2v) is 8.32. The van der Waals surface area contributed by atoms with Gasteiger partial charge in [0, 0.05) is 10.7 Å². The van der Waals surface area contributed by atoms with Crippen LogP contribution in [0.25, 0.3) is 10.2 Å². The average Bonchev–Trinajstić information content (AvgIpc) is 3.06.